The molecule has 0 aromatic heterocycles. The first kappa shape index (κ1) is 20.5. The summed E-state index contributed by atoms with van der Waals surface area (Å²) in [6, 6.07) is 2.56. The summed E-state index contributed by atoms with van der Waals surface area (Å²) in [6.07, 6.45) is -9.37. The molecule has 27 heavy (non-hydrogen) atoms. The first-order chi connectivity index (χ1) is 12.2. The molecule has 1 aromatic rings. The highest BCUT2D eigenvalue weighted by Crippen LogP contribution is 2.34. The highest BCUT2D eigenvalue weighted by Gasteiger charge is 2.50. The number of hydrogen-bond donors (Lipinski definition) is 2. The number of carbonyl (C=O) groups is 3. The zero-order valence-corrected chi connectivity index (χ0v) is 13.7. The van der Waals surface area contributed by atoms with Crippen molar-refractivity contribution < 1.29 is 40.7 Å². The van der Waals surface area contributed by atoms with Crippen LogP contribution in [0, 0.1) is 0 Å². The average Bonchev–Trinajstić information content (AvgIpc) is 2.76. The van der Waals surface area contributed by atoms with E-state index in [2.05, 4.69) is 5.32 Å². The summed E-state index contributed by atoms with van der Waals surface area (Å²) < 4.78 is 74.9. The molecule has 1 aliphatic heterocycles. The van der Waals surface area contributed by atoms with E-state index in [-0.39, 0.29) is 5.56 Å². The van der Waals surface area contributed by atoms with Crippen molar-refractivity contribution in [3.8, 4) is 0 Å². The molecule has 1 saturated heterocycles. The Morgan fingerprint density at radius 1 is 1.19 bits per heavy atom. The predicted molar refractivity (Wildman–Crippen MR) is 78.1 cm³/mol. The van der Waals surface area contributed by atoms with Gasteiger partial charge in [-0.2, -0.15) is 26.3 Å². The van der Waals surface area contributed by atoms with Crippen molar-refractivity contribution in [2.45, 2.75) is 24.8 Å². The van der Waals surface area contributed by atoms with Crippen molar-refractivity contribution in [3.05, 3.63) is 35.4 Å². The molecule has 2 rings (SSSR count). The number of amides is 4. The molecule has 4 amide bonds. The fourth-order valence-corrected chi connectivity index (χ4v) is 2.44. The molecule has 0 radical (unpaired) electrons. The third-order valence-corrected chi connectivity index (χ3v) is 3.83. The molecule has 0 saturated carbocycles. The van der Waals surface area contributed by atoms with Gasteiger partial charge in [-0.05, 0) is 24.6 Å². The number of rotatable bonds is 4. The maximum absolute atomic E-state index is 12.9. The number of alkyl halides is 6. The van der Waals surface area contributed by atoms with Crippen molar-refractivity contribution in [1.29, 1.82) is 0 Å². The van der Waals surface area contributed by atoms with Crippen LogP contribution in [0.2, 0.25) is 0 Å². The standard InChI is InChI=1S/C15H13F6N3O3/c1-13(8-3-2-4-9(5-8)15(19,20)21)11(26)24(12(27)23-13)6-10(25)22-7-14(16,17)18/h2-5H,6-7H2,1H3,(H,22,25)(H,23,27). The molecular formula is C15H13F6N3O3. The number of halogens is 6. The van der Waals surface area contributed by atoms with E-state index < -0.39 is 54.4 Å². The van der Waals surface area contributed by atoms with Crippen LogP contribution in [-0.2, 0) is 21.3 Å². The lowest BCUT2D eigenvalue weighted by atomic mass is 9.90. The molecule has 0 bridgehead atoms. The van der Waals surface area contributed by atoms with E-state index in [1.165, 1.54) is 11.4 Å². The van der Waals surface area contributed by atoms with Crippen LogP contribution in [0.25, 0.3) is 0 Å². The van der Waals surface area contributed by atoms with Crippen LogP contribution < -0.4 is 10.6 Å². The second-order valence-corrected chi connectivity index (χ2v) is 5.92. The maximum atomic E-state index is 12.9. The first-order valence-corrected chi connectivity index (χ1v) is 7.39. The number of urea groups is 1. The van der Waals surface area contributed by atoms with Crippen molar-refractivity contribution in [3.63, 3.8) is 0 Å². The number of hydrogen-bond acceptors (Lipinski definition) is 3. The van der Waals surface area contributed by atoms with Crippen molar-refractivity contribution in [2.24, 2.45) is 0 Å². The number of benzene rings is 1. The average molecular weight is 397 g/mol. The molecule has 6 nitrogen and oxygen atoms in total. The van der Waals surface area contributed by atoms with Gasteiger partial charge in [-0.1, -0.05) is 12.1 Å². The molecule has 0 spiro atoms. The van der Waals surface area contributed by atoms with Gasteiger partial charge in [-0.25, -0.2) is 4.79 Å². The minimum Gasteiger partial charge on any atom is -0.345 e. The van der Waals surface area contributed by atoms with Gasteiger partial charge in [0.05, 0.1) is 5.56 Å². The Labute approximate surface area is 148 Å². The largest absolute Gasteiger partial charge is 0.416 e. The Morgan fingerprint density at radius 2 is 1.81 bits per heavy atom. The van der Waals surface area contributed by atoms with E-state index in [4.69, 9.17) is 0 Å². The van der Waals surface area contributed by atoms with E-state index in [0.29, 0.717) is 11.0 Å². The van der Waals surface area contributed by atoms with Crippen LogP contribution in [-0.4, -0.2) is 42.0 Å². The van der Waals surface area contributed by atoms with Crippen LogP contribution >= 0.6 is 0 Å². The second-order valence-electron chi connectivity index (χ2n) is 5.92. The lowest BCUT2D eigenvalue weighted by Crippen LogP contribution is -2.44. The van der Waals surface area contributed by atoms with Gasteiger partial charge in [-0.15, -0.1) is 0 Å². The highest BCUT2D eigenvalue weighted by atomic mass is 19.4. The first-order valence-electron chi connectivity index (χ1n) is 7.39. The van der Waals surface area contributed by atoms with E-state index >= 15 is 0 Å². The smallest absolute Gasteiger partial charge is 0.345 e. The molecular weight excluding hydrogens is 384 g/mol. The number of nitrogens with zero attached hydrogens (tertiary/aromatic N) is 1. The fraction of sp³-hybridized carbons (Fsp3) is 0.400. The number of carbonyl (C=O) groups excluding carboxylic acids is 3. The van der Waals surface area contributed by atoms with E-state index in [9.17, 15) is 40.7 Å². The van der Waals surface area contributed by atoms with Gasteiger partial charge in [0.2, 0.25) is 5.91 Å². The third-order valence-electron chi connectivity index (χ3n) is 3.83. The molecule has 1 heterocycles. The van der Waals surface area contributed by atoms with E-state index in [0.717, 1.165) is 19.1 Å². The number of nitrogens with one attached hydrogen (secondary N) is 2. The van der Waals surface area contributed by atoms with Gasteiger partial charge >= 0.3 is 18.4 Å². The molecule has 1 aromatic carbocycles. The van der Waals surface area contributed by atoms with Gasteiger partial charge in [0.15, 0.2) is 0 Å². The summed E-state index contributed by atoms with van der Waals surface area (Å²) in [7, 11) is 0. The Hall–Kier alpha value is -2.79. The summed E-state index contributed by atoms with van der Waals surface area (Å²) >= 11 is 0. The Morgan fingerprint density at radius 3 is 2.37 bits per heavy atom. The fourth-order valence-electron chi connectivity index (χ4n) is 2.44. The number of imide groups is 1. The summed E-state index contributed by atoms with van der Waals surface area (Å²) in [6.45, 7) is -1.52. The van der Waals surface area contributed by atoms with Crippen LogP contribution in [0.5, 0.6) is 0 Å². The van der Waals surface area contributed by atoms with Crippen molar-refractivity contribution >= 4 is 17.8 Å². The summed E-state index contributed by atoms with van der Waals surface area (Å²) in [5.74, 6) is -2.31. The third kappa shape index (κ3) is 4.49. The minimum atomic E-state index is -4.69. The van der Waals surface area contributed by atoms with Crippen molar-refractivity contribution in [1.82, 2.24) is 15.5 Å². The van der Waals surface area contributed by atoms with Gasteiger partial charge in [0.1, 0.15) is 18.6 Å². The molecule has 2 N–H and O–H groups in total. The predicted octanol–water partition coefficient (Wildman–Crippen LogP) is 2.15. The van der Waals surface area contributed by atoms with Gasteiger partial charge in [-0.3, -0.25) is 14.5 Å². The van der Waals surface area contributed by atoms with E-state index in [1.807, 2.05) is 0 Å². The molecule has 1 unspecified atom stereocenters. The summed E-state index contributed by atoms with van der Waals surface area (Å²) in [4.78, 5) is 36.3. The zero-order valence-electron chi connectivity index (χ0n) is 13.7. The lowest BCUT2D eigenvalue weighted by Gasteiger charge is -2.23. The van der Waals surface area contributed by atoms with Crippen LogP contribution in [0.15, 0.2) is 24.3 Å². The topological polar surface area (TPSA) is 78.5 Å². The SMILES string of the molecule is CC1(c2cccc(C(F)(F)F)c2)NC(=O)N(CC(=O)NCC(F)(F)F)C1=O. The molecule has 12 heteroatoms. The quantitative estimate of drug-likeness (QED) is 0.604. The Kier molecular flexibility index (Phi) is 5.12. The molecule has 1 aliphatic rings. The summed E-state index contributed by atoms with van der Waals surface area (Å²) in [5.41, 5.74) is -3.14. The normalized spacial score (nSPS) is 20.6. The minimum absolute atomic E-state index is 0.186. The van der Waals surface area contributed by atoms with Crippen LogP contribution in [0.1, 0.15) is 18.1 Å². The van der Waals surface area contributed by atoms with Crippen LogP contribution in [0.3, 0.4) is 0 Å². The Bertz CT molecular complexity index is 777. The summed E-state index contributed by atoms with van der Waals surface area (Å²) in [5, 5.41) is 3.67. The maximum Gasteiger partial charge on any atom is 0.416 e. The lowest BCUT2D eigenvalue weighted by molar-refractivity contribution is -0.141. The second kappa shape index (κ2) is 6.74. The molecule has 0 aliphatic carbocycles. The monoisotopic (exact) mass is 397 g/mol. The van der Waals surface area contributed by atoms with Crippen molar-refractivity contribution in [2.75, 3.05) is 13.1 Å². The highest BCUT2D eigenvalue weighted by molar-refractivity contribution is 6.09. The van der Waals surface area contributed by atoms with E-state index in [1.54, 1.807) is 0 Å². The molecule has 1 fully saturated rings. The zero-order chi connectivity index (χ0) is 20.6. The molecule has 148 valence electrons. The van der Waals surface area contributed by atoms with Gasteiger partial charge in [0.25, 0.3) is 5.91 Å². The Balaban J connectivity index is 2.20. The molecule has 1 atom stereocenters. The van der Waals surface area contributed by atoms with Gasteiger partial charge < -0.3 is 10.6 Å². The van der Waals surface area contributed by atoms with Gasteiger partial charge in [0, 0.05) is 0 Å². The van der Waals surface area contributed by atoms with Crippen LogP contribution in [0.4, 0.5) is 31.1 Å².